The van der Waals surface area contributed by atoms with Gasteiger partial charge in [0, 0.05) is 20.1 Å². The van der Waals surface area contributed by atoms with E-state index in [0.29, 0.717) is 10.8 Å². The Morgan fingerprint density at radius 1 is 1.42 bits per heavy atom. The lowest BCUT2D eigenvalue weighted by atomic mass is 9.94. The highest BCUT2D eigenvalue weighted by atomic mass is 32.1. The first-order chi connectivity index (χ1) is 9.00. The molecule has 0 radical (unpaired) electrons. The minimum Gasteiger partial charge on any atom is -0.341 e. The summed E-state index contributed by atoms with van der Waals surface area (Å²) in [6.07, 6.45) is 5.99. The third-order valence-electron chi connectivity index (χ3n) is 4.06. The number of hydrogen-bond donors (Lipinski definition) is 0. The van der Waals surface area contributed by atoms with Crippen molar-refractivity contribution in [2.75, 3.05) is 7.05 Å². The molecule has 5 nitrogen and oxygen atoms in total. The van der Waals surface area contributed by atoms with Gasteiger partial charge in [0.25, 0.3) is 0 Å². The normalized spacial score (nSPS) is 16.6. The highest BCUT2D eigenvalue weighted by Crippen LogP contribution is 2.21. The first-order valence-corrected chi connectivity index (χ1v) is 7.27. The molecule has 1 aromatic rings. The molecule has 0 N–H and O–H groups in total. The molecule has 1 saturated carbocycles. The van der Waals surface area contributed by atoms with Crippen LogP contribution in [0.5, 0.6) is 0 Å². The zero-order valence-electron chi connectivity index (χ0n) is 11.9. The van der Waals surface area contributed by atoms with Crippen molar-refractivity contribution >= 4 is 18.1 Å². The molecule has 0 aromatic carbocycles. The second kappa shape index (κ2) is 5.86. The number of amides is 1. The van der Waals surface area contributed by atoms with Crippen molar-refractivity contribution in [3.8, 4) is 0 Å². The molecule has 106 valence electrons. The van der Waals surface area contributed by atoms with Gasteiger partial charge in [-0.1, -0.05) is 19.3 Å². The van der Waals surface area contributed by atoms with Gasteiger partial charge in [0.2, 0.25) is 5.91 Å². The Bertz CT molecular complexity index is 513. The average molecular weight is 282 g/mol. The largest absolute Gasteiger partial charge is 0.341 e. The Kier molecular flexibility index (Phi) is 4.39. The summed E-state index contributed by atoms with van der Waals surface area (Å²) in [7, 11) is 3.77. The fourth-order valence-electron chi connectivity index (χ4n) is 2.61. The summed E-state index contributed by atoms with van der Waals surface area (Å²) in [6.45, 7) is 2.13. The number of nitrogens with zero attached hydrogens (tertiary/aromatic N) is 4. The van der Waals surface area contributed by atoms with Crippen LogP contribution in [0.3, 0.4) is 0 Å². The topological polar surface area (TPSA) is 43.1 Å². The first-order valence-electron chi connectivity index (χ1n) is 6.87. The molecule has 19 heavy (non-hydrogen) atoms. The molecule has 1 fully saturated rings. The average Bonchev–Trinajstić information content (AvgIpc) is 2.66. The van der Waals surface area contributed by atoms with Crippen LogP contribution >= 0.6 is 12.2 Å². The van der Waals surface area contributed by atoms with Crippen LogP contribution in [0.2, 0.25) is 0 Å². The van der Waals surface area contributed by atoms with Crippen molar-refractivity contribution in [1.82, 2.24) is 19.2 Å². The second-order valence-corrected chi connectivity index (χ2v) is 5.71. The number of aryl methyl sites for hydroxylation is 1. The van der Waals surface area contributed by atoms with Crippen LogP contribution < -0.4 is 0 Å². The summed E-state index contributed by atoms with van der Waals surface area (Å²) in [4.78, 5) is 14.2. The van der Waals surface area contributed by atoms with E-state index < -0.39 is 0 Å². The number of carbonyl (C=O) groups excluding carboxylic acids is 1. The van der Waals surface area contributed by atoms with Crippen LogP contribution in [0.1, 0.15) is 37.9 Å². The van der Waals surface area contributed by atoms with Gasteiger partial charge in [0.05, 0.1) is 0 Å². The van der Waals surface area contributed by atoms with Crippen molar-refractivity contribution < 1.29 is 4.79 Å². The van der Waals surface area contributed by atoms with E-state index in [-0.39, 0.29) is 12.5 Å². The molecule has 1 aromatic heterocycles. The maximum Gasteiger partial charge on any atom is 0.244 e. The Balaban J connectivity index is 2.03. The third-order valence-corrected chi connectivity index (χ3v) is 4.54. The van der Waals surface area contributed by atoms with Crippen molar-refractivity contribution in [3.05, 3.63) is 10.6 Å². The molecule has 0 atom stereocenters. The fourth-order valence-corrected chi connectivity index (χ4v) is 2.85. The summed E-state index contributed by atoms with van der Waals surface area (Å²) < 4.78 is 4.04. The molecule has 0 spiro atoms. The molecular weight excluding hydrogens is 260 g/mol. The van der Waals surface area contributed by atoms with Gasteiger partial charge in [-0.2, -0.15) is 5.10 Å². The standard InChI is InChI=1S/C13H22N4OS/c1-10-14-17(13(19)15(10)2)9-12(18)16(3)11-7-5-4-6-8-11/h11H,4-9H2,1-3H3. The molecule has 0 bridgehead atoms. The molecule has 0 saturated heterocycles. The molecule has 0 unspecified atom stereocenters. The minimum atomic E-state index is 0.0982. The van der Waals surface area contributed by atoms with E-state index in [9.17, 15) is 4.79 Å². The Morgan fingerprint density at radius 3 is 2.58 bits per heavy atom. The van der Waals surface area contributed by atoms with Crippen molar-refractivity contribution in [2.24, 2.45) is 7.05 Å². The van der Waals surface area contributed by atoms with Crippen molar-refractivity contribution in [1.29, 1.82) is 0 Å². The zero-order chi connectivity index (χ0) is 14.0. The highest BCUT2D eigenvalue weighted by molar-refractivity contribution is 7.71. The fraction of sp³-hybridized carbons (Fsp3) is 0.769. The van der Waals surface area contributed by atoms with Gasteiger partial charge in [-0.3, -0.25) is 4.79 Å². The summed E-state index contributed by atoms with van der Waals surface area (Å²) in [6, 6.07) is 0.389. The van der Waals surface area contributed by atoms with E-state index in [2.05, 4.69) is 5.10 Å². The smallest absolute Gasteiger partial charge is 0.244 e. The monoisotopic (exact) mass is 282 g/mol. The van der Waals surface area contributed by atoms with Crippen LogP contribution in [-0.2, 0) is 18.4 Å². The molecule has 1 amide bonds. The van der Waals surface area contributed by atoms with Crippen LogP contribution in [0.25, 0.3) is 0 Å². The first kappa shape index (κ1) is 14.2. The molecule has 1 heterocycles. The summed E-state index contributed by atoms with van der Waals surface area (Å²) >= 11 is 5.27. The molecule has 1 aliphatic carbocycles. The quantitative estimate of drug-likeness (QED) is 0.797. The van der Waals surface area contributed by atoms with E-state index in [0.717, 1.165) is 18.7 Å². The highest BCUT2D eigenvalue weighted by Gasteiger charge is 2.22. The van der Waals surface area contributed by atoms with E-state index in [4.69, 9.17) is 12.2 Å². The van der Waals surface area contributed by atoms with Gasteiger partial charge in [0.15, 0.2) is 4.77 Å². The van der Waals surface area contributed by atoms with Crippen LogP contribution in [0.4, 0.5) is 0 Å². The number of hydrogen-bond acceptors (Lipinski definition) is 3. The van der Waals surface area contributed by atoms with Crippen LogP contribution in [-0.4, -0.2) is 38.2 Å². The zero-order valence-corrected chi connectivity index (χ0v) is 12.7. The van der Waals surface area contributed by atoms with Gasteiger partial charge in [-0.05, 0) is 32.0 Å². The molecular formula is C13H22N4OS. The lowest BCUT2D eigenvalue weighted by Gasteiger charge is -2.31. The van der Waals surface area contributed by atoms with Gasteiger partial charge in [-0.15, -0.1) is 0 Å². The van der Waals surface area contributed by atoms with Gasteiger partial charge < -0.3 is 9.47 Å². The van der Waals surface area contributed by atoms with Crippen LogP contribution in [0.15, 0.2) is 0 Å². The van der Waals surface area contributed by atoms with Gasteiger partial charge >= 0.3 is 0 Å². The minimum absolute atomic E-state index is 0.0982. The summed E-state index contributed by atoms with van der Waals surface area (Å²) in [5.41, 5.74) is 0. The number of carbonyl (C=O) groups is 1. The van der Waals surface area contributed by atoms with Crippen LogP contribution in [0, 0.1) is 11.7 Å². The SMILES string of the molecule is Cc1nn(CC(=O)N(C)C2CCCCC2)c(=S)n1C. The van der Waals surface area contributed by atoms with Crippen molar-refractivity contribution in [2.45, 2.75) is 51.6 Å². The summed E-state index contributed by atoms with van der Waals surface area (Å²) in [5, 5.41) is 4.31. The van der Waals surface area contributed by atoms with E-state index in [1.54, 1.807) is 4.68 Å². The van der Waals surface area contributed by atoms with E-state index in [1.165, 1.54) is 19.3 Å². The van der Waals surface area contributed by atoms with E-state index in [1.807, 2.05) is 30.5 Å². The lowest BCUT2D eigenvalue weighted by molar-refractivity contribution is -0.133. The number of aromatic nitrogens is 3. The summed E-state index contributed by atoms with van der Waals surface area (Å²) in [5.74, 6) is 0.930. The molecule has 6 heteroatoms. The predicted octanol–water partition coefficient (Wildman–Crippen LogP) is 2.05. The van der Waals surface area contributed by atoms with Crippen molar-refractivity contribution in [3.63, 3.8) is 0 Å². The Morgan fingerprint density at radius 2 is 2.05 bits per heavy atom. The Hall–Kier alpha value is -1.17. The molecule has 0 aliphatic heterocycles. The van der Waals surface area contributed by atoms with Gasteiger partial charge in [0.1, 0.15) is 12.4 Å². The predicted molar refractivity (Wildman–Crippen MR) is 76.4 cm³/mol. The maximum absolute atomic E-state index is 12.3. The lowest BCUT2D eigenvalue weighted by Crippen LogP contribution is -2.40. The maximum atomic E-state index is 12.3. The van der Waals surface area contributed by atoms with E-state index >= 15 is 0 Å². The second-order valence-electron chi connectivity index (χ2n) is 5.34. The number of rotatable bonds is 3. The molecule has 1 aliphatic rings. The third kappa shape index (κ3) is 3.05. The van der Waals surface area contributed by atoms with Gasteiger partial charge in [-0.25, -0.2) is 4.68 Å². The Labute approximate surface area is 119 Å². The molecule has 2 rings (SSSR count). The number of likely N-dealkylation sites (N-methyl/N-ethyl adjacent to an activating group) is 1.